The zero-order valence-electron chi connectivity index (χ0n) is 16.2. The second kappa shape index (κ2) is 9.23. The van der Waals surface area contributed by atoms with E-state index in [-0.39, 0.29) is 16.5 Å². The van der Waals surface area contributed by atoms with Gasteiger partial charge in [0.25, 0.3) is 5.91 Å². The van der Waals surface area contributed by atoms with E-state index in [4.69, 9.17) is 9.15 Å². The van der Waals surface area contributed by atoms with Crippen molar-refractivity contribution < 1.29 is 27.2 Å². The summed E-state index contributed by atoms with van der Waals surface area (Å²) in [5.41, 5.74) is 0.0787. The number of carbonyl (C=O) groups excluding carboxylic acids is 2. The summed E-state index contributed by atoms with van der Waals surface area (Å²) in [5, 5.41) is 2.66. The van der Waals surface area contributed by atoms with Gasteiger partial charge in [-0.25, -0.2) is 13.2 Å². The molecule has 3 rings (SSSR count). The zero-order valence-corrected chi connectivity index (χ0v) is 17.0. The molecule has 1 aliphatic rings. The van der Waals surface area contributed by atoms with Crippen LogP contribution in [0.4, 0.5) is 0 Å². The van der Waals surface area contributed by atoms with Crippen molar-refractivity contribution in [1.82, 2.24) is 9.62 Å². The molecule has 2 heterocycles. The highest BCUT2D eigenvalue weighted by Crippen LogP contribution is 2.21. The smallest absolute Gasteiger partial charge is 0.338 e. The van der Waals surface area contributed by atoms with Crippen molar-refractivity contribution in [3.63, 3.8) is 0 Å². The van der Waals surface area contributed by atoms with Gasteiger partial charge in [0.05, 0.1) is 22.8 Å². The van der Waals surface area contributed by atoms with Gasteiger partial charge in [-0.3, -0.25) is 4.79 Å². The first kappa shape index (κ1) is 21.1. The number of esters is 1. The van der Waals surface area contributed by atoms with Crippen LogP contribution >= 0.6 is 0 Å². The van der Waals surface area contributed by atoms with Crippen molar-refractivity contribution in [2.24, 2.45) is 0 Å². The molecule has 0 saturated carbocycles. The highest BCUT2D eigenvalue weighted by Gasteiger charge is 2.26. The van der Waals surface area contributed by atoms with E-state index in [0.29, 0.717) is 18.8 Å². The Hall–Kier alpha value is -2.65. The van der Waals surface area contributed by atoms with Gasteiger partial charge < -0.3 is 14.5 Å². The van der Waals surface area contributed by atoms with Gasteiger partial charge in [0, 0.05) is 13.1 Å². The highest BCUT2D eigenvalue weighted by molar-refractivity contribution is 7.89. The molecular formula is C20H24N2O6S. The summed E-state index contributed by atoms with van der Waals surface area (Å²) in [6, 6.07) is 8.77. The fraction of sp³-hybridized carbons (Fsp3) is 0.400. The molecule has 29 heavy (non-hydrogen) atoms. The Labute approximate surface area is 169 Å². The van der Waals surface area contributed by atoms with Crippen molar-refractivity contribution >= 4 is 21.9 Å². The van der Waals surface area contributed by atoms with Crippen LogP contribution in [0.5, 0.6) is 0 Å². The Balaban J connectivity index is 1.60. The van der Waals surface area contributed by atoms with E-state index in [1.165, 1.54) is 34.8 Å². The van der Waals surface area contributed by atoms with E-state index < -0.39 is 28.5 Å². The van der Waals surface area contributed by atoms with Gasteiger partial charge in [-0.05, 0) is 50.1 Å². The molecular weight excluding hydrogens is 396 g/mol. The number of sulfonamides is 1. The molecule has 0 spiro atoms. The summed E-state index contributed by atoms with van der Waals surface area (Å²) in [7, 11) is -3.65. The second-order valence-electron chi connectivity index (χ2n) is 6.87. The number of benzene rings is 1. The predicted octanol–water partition coefficient (Wildman–Crippen LogP) is 2.49. The predicted molar refractivity (Wildman–Crippen MR) is 105 cm³/mol. The molecule has 2 aromatic rings. The fourth-order valence-electron chi connectivity index (χ4n) is 3.14. The summed E-state index contributed by atoms with van der Waals surface area (Å²) >= 11 is 0. The molecule has 1 atom stereocenters. The van der Waals surface area contributed by atoms with E-state index >= 15 is 0 Å². The number of hydrogen-bond acceptors (Lipinski definition) is 6. The maximum Gasteiger partial charge on any atom is 0.338 e. The lowest BCUT2D eigenvalue weighted by Crippen LogP contribution is -2.35. The lowest BCUT2D eigenvalue weighted by molar-refractivity contribution is -0.125. The van der Waals surface area contributed by atoms with Crippen molar-refractivity contribution in [3.8, 4) is 0 Å². The van der Waals surface area contributed by atoms with Crippen LogP contribution in [0.15, 0.2) is 52.0 Å². The quantitative estimate of drug-likeness (QED) is 0.690. The van der Waals surface area contributed by atoms with Gasteiger partial charge in [0.15, 0.2) is 6.61 Å². The number of hydrogen-bond donors (Lipinski definition) is 1. The van der Waals surface area contributed by atoms with Crippen molar-refractivity contribution in [1.29, 1.82) is 0 Å². The maximum absolute atomic E-state index is 12.8. The van der Waals surface area contributed by atoms with Crippen LogP contribution in [0.2, 0.25) is 0 Å². The number of nitrogens with zero attached hydrogens (tertiary/aromatic N) is 1. The lowest BCUT2D eigenvalue weighted by Gasteiger charge is -2.25. The second-order valence-corrected chi connectivity index (χ2v) is 8.81. The molecule has 1 saturated heterocycles. The molecule has 1 aromatic carbocycles. The summed E-state index contributed by atoms with van der Waals surface area (Å²) in [4.78, 5) is 24.3. The monoisotopic (exact) mass is 420 g/mol. The maximum atomic E-state index is 12.8. The molecule has 0 radical (unpaired) electrons. The first-order valence-corrected chi connectivity index (χ1v) is 10.9. The van der Waals surface area contributed by atoms with Gasteiger partial charge in [-0.15, -0.1) is 0 Å². The van der Waals surface area contributed by atoms with Gasteiger partial charge in [-0.1, -0.05) is 12.5 Å². The molecule has 156 valence electrons. The minimum atomic E-state index is -3.65. The fourth-order valence-corrected chi connectivity index (χ4v) is 4.71. The molecule has 0 bridgehead atoms. The van der Waals surface area contributed by atoms with E-state index in [1.54, 1.807) is 19.1 Å². The van der Waals surface area contributed by atoms with Gasteiger partial charge in [-0.2, -0.15) is 4.31 Å². The minimum absolute atomic E-state index is 0.0461. The first-order chi connectivity index (χ1) is 13.9. The van der Waals surface area contributed by atoms with Crippen LogP contribution in [0.25, 0.3) is 0 Å². The molecule has 8 nitrogen and oxygen atoms in total. The third kappa shape index (κ3) is 5.24. The SMILES string of the molecule is C[C@H](NC(=O)COC(=O)c1cccc(S(=O)(=O)N2CCCCC2)c1)c1ccco1. The van der Waals surface area contributed by atoms with Gasteiger partial charge >= 0.3 is 5.97 Å². The lowest BCUT2D eigenvalue weighted by atomic mass is 10.2. The third-order valence-corrected chi connectivity index (χ3v) is 6.60. The summed E-state index contributed by atoms with van der Waals surface area (Å²) < 4.78 is 37.2. The summed E-state index contributed by atoms with van der Waals surface area (Å²) in [6.45, 7) is 2.22. The zero-order chi connectivity index (χ0) is 20.9. The Morgan fingerprint density at radius 2 is 1.93 bits per heavy atom. The van der Waals surface area contributed by atoms with Crippen LogP contribution in [0.3, 0.4) is 0 Å². The number of furan rings is 1. The van der Waals surface area contributed by atoms with Crippen LogP contribution in [-0.4, -0.2) is 44.3 Å². The summed E-state index contributed by atoms with van der Waals surface area (Å²) in [6.07, 6.45) is 4.17. The Kier molecular flexibility index (Phi) is 6.71. The Bertz CT molecular complexity index is 949. The molecule has 0 aliphatic carbocycles. The van der Waals surface area contributed by atoms with Crippen molar-refractivity contribution in [2.45, 2.75) is 37.1 Å². The van der Waals surface area contributed by atoms with Gasteiger partial charge in [0.2, 0.25) is 10.0 Å². The molecule has 1 aliphatic heterocycles. The highest BCUT2D eigenvalue weighted by atomic mass is 32.2. The van der Waals surface area contributed by atoms with E-state index in [2.05, 4.69) is 5.32 Å². The molecule has 1 N–H and O–H groups in total. The number of ether oxygens (including phenoxy) is 1. The van der Waals surface area contributed by atoms with Crippen LogP contribution < -0.4 is 5.32 Å². The number of piperidine rings is 1. The first-order valence-electron chi connectivity index (χ1n) is 9.48. The van der Waals surface area contributed by atoms with Crippen LogP contribution in [-0.2, 0) is 19.6 Å². The molecule has 1 aromatic heterocycles. The number of amides is 1. The third-order valence-electron chi connectivity index (χ3n) is 4.70. The average molecular weight is 420 g/mol. The summed E-state index contributed by atoms with van der Waals surface area (Å²) in [5.74, 6) is -0.666. The number of nitrogens with one attached hydrogen (secondary N) is 1. The minimum Gasteiger partial charge on any atom is -0.467 e. The topological polar surface area (TPSA) is 106 Å². The number of carbonyl (C=O) groups is 2. The molecule has 1 fully saturated rings. The number of rotatable bonds is 7. The largest absolute Gasteiger partial charge is 0.467 e. The van der Waals surface area contributed by atoms with Crippen LogP contribution in [0, 0.1) is 0 Å². The van der Waals surface area contributed by atoms with E-state index in [0.717, 1.165) is 19.3 Å². The average Bonchev–Trinajstić information content (AvgIpc) is 3.28. The van der Waals surface area contributed by atoms with Gasteiger partial charge in [0.1, 0.15) is 5.76 Å². The van der Waals surface area contributed by atoms with E-state index in [1.807, 2.05) is 0 Å². The molecule has 9 heteroatoms. The molecule has 0 unspecified atom stereocenters. The normalized spacial score (nSPS) is 16.2. The van der Waals surface area contributed by atoms with Crippen LogP contribution in [0.1, 0.15) is 48.3 Å². The molecule has 1 amide bonds. The Morgan fingerprint density at radius 1 is 1.17 bits per heavy atom. The Morgan fingerprint density at radius 3 is 2.62 bits per heavy atom. The van der Waals surface area contributed by atoms with Crippen molar-refractivity contribution in [3.05, 3.63) is 54.0 Å². The standard InChI is InChI=1S/C20H24N2O6S/c1-15(18-9-6-12-27-18)21-19(23)14-28-20(24)16-7-5-8-17(13-16)29(25,26)22-10-3-2-4-11-22/h5-9,12-13,15H,2-4,10-11,14H2,1H3,(H,21,23)/t15-/m0/s1. The van der Waals surface area contributed by atoms with E-state index in [9.17, 15) is 18.0 Å². The van der Waals surface area contributed by atoms with Crippen molar-refractivity contribution in [2.75, 3.05) is 19.7 Å².